The standard InChI is InChI=1S/C16H13ClN2O3S/c1-18-15(20)12-13(11-3-2-8-23-11)19(22-14(12)16(18)21)10-6-4-9(17)5-7-10/h2-8,12-14H,1H3/t12-,13-,14-/m1/s1. The van der Waals surface area contributed by atoms with Crippen LogP contribution in [-0.4, -0.2) is 29.9 Å². The molecule has 2 aliphatic heterocycles. The molecule has 0 aliphatic carbocycles. The zero-order valence-electron chi connectivity index (χ0n) is 12.2. The predicted octanol–water partition coefficient (Wildman–Crippen LogP) is 2.88. The van der Waals surface area contributed by atoms with Crippen molar-refractivity contribution in [2.45, 2.75) is 12.1 Å². The highest BCUT2D eigenvalue weighted by Crippen LogP contribution is 2.47. The van der Waals surface area contributed by atoms with Crippen molar-refractivity contribution in [3.8, 4) is 0 Å². The zero-order valence-corrected chi connectivity index (χ0v) is 13.8. The Morgan fingerprint density at radius 2 is 1.87 bits per heavy atom. The maximum absolute atomic E-state index is 12.5. The van der Waals surface area contributed by atoms with Crippen molar-refractivity contribution < 1.29 is 14.4 Å². The molecule has 0 saturated carbocycles. The van der Waals surface area contributed by atoms with Gasteiger partial charge >= 0.3 is 0 Å². The van der Waals surface area contributed by atoms with Crippen LogP contribution in [0.5, 0.6) is 0 Å². The molecule has 0 bridgehead atoms. The van der Waals surface area contributed by atoms with Crippen LogP contribution in [0.1, 0.15) is 10.9 Å². The topological polar surface area (TPSA) is 49.9 Å². The molecular weight excluding hydrogens is 336 g/mol. The molecule has 3 heterocycles. The first-order valence-corrected chi connectivity index (χ1v) is 8.40. The number of hydroxylamine groups is 1. The lowest BCUT2D eigenvalue weighted by Crippen LogP contribution is -2.34. The molecule has 1 aromatic carbocycles. The Kier molecular flexibility index (Phi) is 3.41. The summed E-state index contributed by atoms with van der Waals surface area (Å²) in [5, 5.41) is 4.24. The molecule has 2 aromatic rings. The van der Waals surface area contributed by atoms with Gasteiger partial charge in [-0.2, -0.15) is 0 Å². The Hall–Kier alpha value is -1.89. The molecular formula is C16H13ClN2O3S. The summed E-state index contributed by atoms with van der Waals surface area (Å²) in [6.07, 6.45) is -0.768. The van der Waals surface area contributed by atoms with Crippen LogP contribution >= 0.6 is 22.9 Å². The van der Waals surface area contributed by atoms with Gasteiger partial charge in [-0.3, -0.25) is 19.3 Å². The van der Waals surface area contributed by atoms with Crippen molar-refractivity contribution in [3.63, 3.8) is 0 Å². The minimum Gasteiger partial charge on any atom is -0.283 e. The number of thiophene rings is 1. The predicted molar refractivity (Wildman–Crippen MR) is 87.1 cm³/mol. The number of halogens is 1. The molecule has 2 aliphatic rings. The second kappa shape index (κ2) is 5.33. The summed E-state index contributed by atoms with van der Waals surface area (Å²) < 4.78 is 0. The van der Waals surface area contributed by atoms with E-state index in [4.69, 9.17) is 16.4 Å². The van der Waals surface area contributed by atoms with Gasteiger partial charge in [0.25, 0.3) is 5.91 Å². The number of nitrogens with zero attached hydrogens (tertiary/aromatic N) is 2. The van der Waals surface area contributed by atoms with E-state index >= 15 is 0 Å². The molecule has 0 unspecified atom stereocenters. The number of carbonyl (C=O) groups excluding carboxylic acids is 2. The molecule has 1 aromatic heterocycles. The highest BCUT2D eigenvalue weighted by atomic mass is 35.5. The summed E-state index contributed by atoms with van der Waals surface area (Å²) in [7, 11) is 1.50. The van der Waals surface area contributed by atoms with Crippen LogP contribution in [0.2, 0.25) is 5.02 Å². The molecule has 0 spiro atoms. The number of anilines is 1. The molecule has 2 fully saturated rings. The van der Waals surface area contributed by atoms with Crippen molar-refractivity contribution in [2.75, 3.05) is 12.1 Å². The van der Waals surface area contributed by atoms with Gasteiger partial charge in [0, 0.05) is 16.9 Å². The lowest BCUT2D eigenvalue weighted by molar-refractivity contribution is -0.141. The number of imide groups is 1. The summed E-state index contributed by atoms with van der Waals surface area (Å²) in [5.41, 5.74) is 0.769. The number of likely N-dealkylation sites (N-methyl/N-ethyl adjacent to an activating group) is 1. The van der Waals surface area contributed by atoms with E-state index in [0.717, 1.165) is 15.5 Å². The third kappa shape index (κ3) is 2.17. The third-order valence-corrected chi connectivity index (χ3v) is 5.45. The van der Waals surface area contributed by atoms with Gasteiger partial charge in [-0.1, -0.05) is 17.7 Å². The fraction of sp³-hybridized carbons (Fsp3) is 0.250. The SMILES string of the molecule is CN1C(=O)[C@@H]2[C@@H](c3cccs3)N(c3ccc(Cl)cc3)O[C@H]2C1=O. The number of benzene rings is 1. The van der Waals surface area contributed by atoms with Crippen molar-refractivity contribution >= 4 is 40.4 Å². The lowest BCUT2D eigenvalue weighted by Gasteiger charge is -2.27. The number of rotatable bonds is 2. The van der Waals surface area contributed by atoms with Gasteiger partial charge in [-0.25, -0.2) is 5.06 Å². The average molecular weight is 349 g/mol. The Balaban J connectivity index is 1.79. The number of hydrogen-bond acceptors (Lipinski definition) is 5. The first kappa shape index (κ1) is 14.7. The van der Waals surface area contributed by atoms with Crippen LogP contribution < -0.4 is 5.06 Å². The van der Waals surface area contributed by atoms with Gasteiger partial charge in [-0.15, -0.1) is 11.3 Å². The van der Waals surface area contributed by atoms with Gasteiger partial charge in [0.05, 0.1) is 5.69 Å². The molecule has 0 N–H and O–H groups in total. The second-order valence-corrected chi connectivity index (χ2v) is 6.97. The van der Waals surface area contributed by atoms with E-state index in [9.17, 15) is 9.59 Å². The molecule has 2 saturated heterocycles. The Morgan fingerprint density at radius 1 is 1.13 bits per heavy atom. The van der Waals surface area contributed by atoms with E-state index in [-0.39, 0.29) is 17.9 Å². The van der Waals surface area contributed by atoms with Crippen LogP contribution in [0.4, 0.5) is 5.69 Å². The van der Waals surface area contributed by atoms with Crippen LogP contribution in [0, 0.1) is 5.92 Å². The monoisotopic (exact) mass is 348 g/mol. The Bertz CT molecular complexity index is 762. The van der Waals surface area contributed by atoms with Gasteiger partial charge in [0.2, 0.25) is 5.91 Å². The Labute approximate surface area is 142 Å². The van der Waals surface area contributed by atoms with Crippen molar-refractivity contribution in [3.05, 3.63) is 51.7 Å². The quantitative estimate of drug-likeness (QED) is 0.783. The van der Waals surface area contributed by atoms with Gasteiger partial charge in [0.15, 0.2) is 6.10 Å². The molecule has 3 atom stereocenters. The van der Waals surface area contributed by atoms with Gasteiger partial charge in [0.1, 0.15) is 12.0 Å². The van der Waals surface area contributed by atoms with E-state index in [1.54, 1.807) is 28.5 Å². The highest BCUT2D eigenvalue weighted by molar-refractivity contribution is 7.10. The largest absolute Gasteiger partial charge is 0.283 e. The third-order valence-electron chi connectivity index (χ3n) is 4.25. The zero-order chi connectivity index (χ0) is 16.1. The van der Waals surface area contributed by atoms with E-state index in [1.807, 2.05) is 29.6 Å². The molecule has 4 rings (SSSR count). The van der Waals surface area contributed by atoms with Crippen molar-refractivity contribution in [1.29, 1.82) is 0 Å². The fourth-order valence-electron chi connectivity index (χ4n) is 3.11. The van der Waals surface area contributed by atoms with E-state index < -0.39 is 12.0 Å². The smallest absolute Gasteiger partial charge is 0.261 e. The lowest BCUT2D eigenvalue weighted by atomic mass is 9.95. The molecule has 5 nitrogen and oxygen atoms in total. The van der Waals surface area contributed by atoms with E-state index in [2.05, 4.69) is 0 Å². The minimum absolute atomic E-state index is 0.199. The van der Waals surface area contributed by atoms with Crippen LogP contribution in [0.25, 0.3) is 0 Å². The van der Waals surface area contributed by atoms with Gasteiger partial charge in [-0.05, 0) is 35.7 Å². The second-order valence-electron chi connectivity index (χ2n) is 5.55. The maximum atomic E-state index is 12.5. The summed E-state index contributed by atoms with van der Waals surface area (Å²) in [4.78, 5) is 32.8. The van der Waals surface area contributed by atoms with Crippen LogP contribution in [0.3, 0.4) is 0 Å². The van der Waals surface area contributed by atoms with E-state index in [0.29, 0.717) is 5.02 Å². The number of amides is 2. The maximum Gasteiger partial charge on any atom is 0.261 e. The molecule has 7 heteroatoms. The highest BCUT2D eigenvalue weighted by Gasteiger charge is 2.59. The number of carbonyl (C=O) groups is 2. The van der Waals surface area contributed by atoms with Crippen molar-refractivity contribution in [1.82, 2.24) is 4.90 Å². The van der Waals surface area contributed by atoms with Crippen LogP contribution in [-0.2, 0) is 14.4 Å². The molecule has 2 amide bonds. The summed E-state index contributed by atoms with van der Waals surface area (Å²) in [6, 6.07) is 10.7. The summed E-state index contributed by atoms with van der Waals surface area (Å²) >= 11 is 7.49. The molecule has 118 valence electrons. The number of likely N-dealkylation sites (tertiary alicyclic amines) is 1. The molecule has 0 radical (unpaired) electrons. The first-order valence-electron chi connectivity index (χ1n) is 7.14. The average Bonchev–Trinajstić information content (AvgIpc) is 3.24. The first-order chi connectivity index (χ1) is 11.1. The Morgan fingerprint density at radius 3 is 2.52 bits per heavy atom. The number of hydrogen-bond donors (Lipinski definition) is 0. The fourth-order valence-corrected chi connectivity index (χ4v) is 4.09. The van der Waals surface area contributed by atoms with Crippen LogP contribution in [0.15, 0.2) is 41.8 Å². The van der Waals surface area contributed by atoms with Crippen molar-refractivity contribution in [2.24, 2.45) is 5.92 Å². The minimum atomic E-state index is -0.768. The van der Waals surface area contributed by atoms with Gasteiger partial charge < -0.3 is 0 Å². The van der Waals surface area contributed by atoms with E-state index in [1.165, 1.54) is 7.05 Å². The number of fused-ring (bicyclic) bond motifs is 1. The summed E-state index contributed by atoms with van der Waals surface area (Å²) in [6.45, 7) is 0. The molecule has 23 heavy (non-hydrogen) atoms. The summed E-state index contributed by atoms with van der Waals surface area (Å²) in [5.74, 6) is -1.02. The normalized spacial score (nSPS) is 27.0.